The molecule has 2 N–H and O–H groups in total. The molecule has 198 valence electrons. The fraction of sp³-hybridized carbons (Fsp3) is 0.103. The standard InChI is InChI=1S/C29H22N6O4S/c1-3-22(36)32-18-10-7-11-19(18)33-27(37)26-25-24-21(14-15-30-28(24)40-26)35(29(38)34-25)20-12-13-23(31-16(20)2)39-17-8-5-4-6-9-17/h3-6,8-9,11-15H,1,7,10H2,2H3,(H,33,37)(H,34,38). The zero-order valence-electron chi connectivity index (χ0n) is 21.3. The average molecular weight is 551 g/mol. The van der Waals surface area contributed by atoms with Crippen LogP contribution in [0.4, 0.5) is 21.9 Å². The number of benzene rings is 1. The van der Waals surface area contributed by atoms with E-state index < -0.39 is 17.8 Å². The molecule has 4 heterocycles. The van der Waals surface area contributed by atoms with Crippen LogP contribution in [-0.2, 0) is 4.79 Å². The largest absolute Gasteiger partial charge is 0.439 e. The minimum Gasteiger partial charge on any atom is -0.439 e. The van der Waals surface area contributed by atoms with Crippen LogP contribution >= 0.6 is 11.3 Å². The van der Waals surface area contributed by atoms with Crippen molar-refractivity contribution in [3.63, 3.8) is 0 Å². The summed E-state index contributed by atoms with van der Waals surface area (Å²) in [4.78, 5) is 54.0. The number of rotatable bonds is 6. The zero-order chi connectivity index (χ0) is 27.8. The molecule has 4 aromatic rings. The van der Waals surface area contributed by atoms with Gasteiger partial charge in [-0.1, -0.05) is 30.9 Å². The Kier molecular flexibility index (Phi) is 6.40. The fourth-order valence-corrected chi connectivity index (χ4v) is 5.63. The second-order valence-corrected chi connectivity index (χ2v) is 9.96. The van der Waals surface area contributed by atoms with E-state index in [1.165, 1.54) is 16.2 Å². The van der Waals surface area contributed by atoms with E-state index in [0.717, 1.165) is 6.08 Å². The summed E-state index contributed by atoms with van der Waals surface area (Å²) in [6.07, 6.45) is 5.73. The Morgan fingerprint density at radius 2 is 2.00 bits per heavy atom. The number of nitrogens with zero attached hydrogens (tertiary/aromatic N) is 4. The van der Waals surface area contributed by atoms with E-state index in [-0.39, 0.29) is 0 Å². The van der Waals surface area contributed by atoms with Gasteiger partial charge in [0.25, 0.3) is 11.8 Å². The van der Waals surface area contributed by atoms with Crippen LogP contribution in [0.2, 0.25) is 0 Å². The topological polar surface area (TPSA) is 126 Å². The summed E-state index contributed by atoms with van der Waals surface area (Å²) < 4.78 is 5.84. The Morgan fingerprint density at radius 1 is 1.18 bits per heavy atom. The van der Waals surface area contributed by atoms with Crippen molar-refractivity contribution in [2.45, 2.75) is 19.8 Å². The number of urea groups is 1. The third-order valence-corrected chi connectivity index (χ3v) is 7.50. The Bertz CT molecular complexity index is 1780. The first-order chi connectivity index (χ1) is 19.4. The van der Waals surface area contributed by atoms with E-state index in [4.69, 9.17) is 4.74 Å². The highest BCUT2D eigenvalue weighted by Gasteiger charge is 2.34. The second-order valence-electron chi connectivity index (χ2n) is 8.96. The van der Waals surface area contributed by atoms with Gasteiger partial charge in [-0.05, 0) is 50.1 Å². The van der Waals surface area contributed by atoms with Gasteiger partial charge >= 0.3 is 6.03 Å². The molecule has 4 amide bonds. The van der Waals surface area contributed by atoms with E-state index >= 15 is 0 Å². The molecular weight excluding hydrogens is 528 g/mol. The van der Waals surface area contributed by atoms with Crippen molar-refractivity contribution in [1.29, 1.82) is 0 Å². The number of allylic oxidation sites excluding steroid dienone is 2. The molecule has 0 radical (unpaired) electrons. The fourth-order valence-electron chi connectivity index (χ4n) is 4.62. The first kappa shape index (κ1) is 25.1. The van der Waals surface area contributed by atoms with Gasteiger partial charge < -0.3 is 15.4 Å². The van der Waals surface area contributed by atoms with Gasteiger partial charge in [0, 0.05) is 12.3 Å². The molecule has 2 aliphatic rings. The van der Waals surface area contributed by atoms with Crippen molar-refractivity contribution < 1.29 is 19.1 Å². The summed E-state index contributed by atoms with van der Waals surface area (Å²) in [6, 6.07) is 14.1. The van der Waals surface area contributed by atoms with Gasteiger partial charge in [-0.2, -0.15) is 0 Å². The van der Waals surface area contributed by atoms with Crippen molar-refractivity contribution in [3.05, 3.63) is 89.7 Å². The smallest absolute Gasteiger partial charge is 0.331 e. The minimum absolute atomic E-state index is 0.298. The number of aryl methyl sites for hydroxylation is 1. The summed E-state index contributed by atoms with van der Waals surface area (Å²) >= 11 is 1.17. The summed E-state index contributed by atoms with van der Waals surface area (Å²) in [7, 11) is 0. The van der Waals surface area contributed by atoms with Crippen LogP contribution in [0.25, 0.3) is 10.2 Å². The number of ether oxygens (including phenoxy) is 1. The van der Waals surface area contributed by atoms with Crippen LogP contribution in [0.5, 0.6) is 11.6 Å². The number of carbonyl (C=O) groups excluding carboxylic acids is 3. The first-order valence-electron chi connectivity index (χ1n) is 12.4. The Hall–Kier alpha value is -5.16. The van der Waals surface area contributed by atoms with Crippen molar-refractivity contribution in [3.8, 4) is 11.6 Å². The van der Waals surface area contributed by atoms with Crippen LogP contribution in [0, 0.1) is 6.92 Å². The Balaban J connectivity index is 1.33. The highest BCUT2D eigenvalue weighted by molar-refractivity contribution is 7.21. The number of aromatic nitrogens is 2. The molecule has 0 atom stereocenters. The quantitative estimate of drug-likeness (QED) is 0.282. The highest BCUT2D eigenvalue weighted by Crippen LogP contribution is 2.46. The predicted molar refractivity (Wildman–Crippen MR) is 154 cm³/mol. The molecule has 1 aliphatic carbocycles. The van der Waals surface area contributed by atoms with Crippen LogP contribution in [0.3, 0.4) is 0 Å². The first-order valence-corrected chi connectivity index (χ1v) is 13.2. The lowest BCUT2D eigenvalue weighted by Gasteiger charge is -2.29. The molecule has 1 aromatic carbocycles. The molecule has 3 aromatic heterocycles. The second kappa shape index (κ2) is 10.2. The van der Waals surface area contributed by atoms with Gasteiger partial charge in [0.15, 0.2) is 0 Å². The Labute approximate surface area is 232 Å². The number of hydrogen-bond donors (Lipinski definition) is 2. The van der Waals surface area contributed by atoms with E-state index in [9.17, 15) is 14.4 Å². The molecule has 0 spiro atoms. The van der Waals surface area contributed by atoms with Crippen LogP contribution in [-0.4, -0.2) is 33.5 Å². The number of carbonyl (C=O) groups is 3. The zero-order valence-corrected chi connectivity index (χ0v) is 22.1. The van der Waals surface area contributed by atoms with E-state index in [0.29, 0.717) is 73.7 Å². The van der Waals surface area contributed by atoms with Gasteiger partial charge in [0.05, 0.1) is 39.6 Å². The summed E-state index contributed by atoms with van der Waals surface area (Å²) in [5.74, 6) is 0.157. The van der Waals surface area contributed by atoms with Gasteiger partial charge in [-0.15, -0.1) is 11.3 Å². The highest BCUT2D eigenvalue weighted by atomic mass is 32.1. The normalized spacial score (nSPS) is 15.1. The van der Waals surface area contributed by atoms with Crippen LogP contribution in [0.15, 0.2) is 84.1 Å². The lowest BCUT2D eigenvalue weighted by Crippen LogP contribution is -2.35. The van der Waals surface area contributed by atoms with Crippen molar-refractivity contribution >= 4 is 62.2 Å². The molecule has 6 rings (SSSR count). The van der Waals surface area contributed by atoms with E-state index in [1.807, 2.05) is 36.4 Å². The van der Waals surface area contributed by atoms with E-state index in [2.05, 4.69) is 32.2 Å². The Morgan fingerprint density at radius 3 is 2.77 bits per heavy atom. The summed E-state index contributed by atoms with van der Waals surface area (Å²) in [5.41, 5.74) is 3.08. The lowest BCUT2D eigenvalue weighted by atomic mass is 10.1. The monoisotopic (exact) mass is 550 g/mol. The van der Waals surface area contributed by atoms with Crippen LogP contribution in [0.1, 0.15) is 28.2 Å². The SMILES string of the molecule is C=CC(=O)N=C1CCC=C1NC(=O)c1sc2nccc3c2c1NC(=O)N3c1ccc(Oc2ccccc2)nc1C. The number of anilines is 3. The number of pyridine rings is 2. The predicted octanol–water partition coefficient (Wildman–Crippen LogP) is 6.04. The molecule has 0 saturated carbocycles. The molecule has 0 unspecified atom stereocenters. The number of para-hydroxylation sites is 1. The third kappa shape index (κ3) is 4.52. The van der Waals surface area contributed by atoms with Crippen molar-refractivity contribution in [1.82, 2.24) is 15.3 Å². The summed E-state index contributed by atoms with van der Waals surface area (Å²) in [5, 5.41) is 6.38. The lowest BCUT2D eigenvalue weighted by molar-refractivity contribution is -0.113. The maximum atomic E-state index is 13.5. The number of thiophene rings is 1. The van der Waals surface area contributed by atoms with E-state index in [1.54, 1.807) is 31.3 Å². The molecule has 0 fully saturated rings. The maximum Gasteiger partial charge on any atom is 0.331 e. The molecule has 40 heavy (non-hydrogen) atoms. The maximum absolute atomic E-state index is 13.5. The van der Waals surface area contributed by atoms with Crippen molar-refractivity contribution in [2.75, 3.05) is 10.2 Å². The molecule has 11 heteroatoms. The number of amides is 4. The number of aliphatic imine (C=N–C) groups is 1. The van der Waals surface area contributed by atoms with Gasteiger partial charge in [-0.3, -0.25) is 14.5 Å². The number of nitrogens with one attached hydrogen (secondary N) is 2. The molecular formula is C29H22N6O4S. The molecule has 0 bridgehead atoms. The van der Waals surface area contributed by atoms with Gasteiger partial charge in [0.2, 0.25) is 5.88 Å². The van der Waals surface area contributed by atoms with Crippen molar-refractivity contribution in [2.24, 2.45) is 4.99 Å². The van der Waals surface area contributed by atoms with Gasteiger partial charge in [-0.25, -0.2) is 19.8 Å². The number of hydrogen-bond acceptors (Lipinski definition) is 7. The average Bonchev–Trinajstić information content (AvgIpc) is 3.55. The summed E-state index contributed by atoms with van der Waals surface area (Å²) in [6.45, 7) is 5.23. The minimum atomic E-state index is -0.473. The van der Waals surface area contributed by atoms with Crippen LogP contribution < -0.4 is 20.3 Å². The third-order valence-electron chi connectivity index (χ3n) is 6.40. The molecule has 0 saturated heterocycles. The molecule has 1 aliphatic heterocycles. The van der Waals surface area contributed by atoms with Gasteiger partial charge in [0.1, 0.15) is 15.5 Å². The molecule has 10 nitrogen and oxygen atoms in total.